The van der Waals surface area contributed by atoms with Crippen molar-refractivity contribution < 1.29 is 0 Å². The molecular formula is C14H23N3. The van der Waals surface area contributed by atoms with Gasteiger partial charge in [-0.3, -0.25) is 0 Å². The number of rotatable bonds is 3. The predicted octanol–water partition coefficient (Wildman–Crippen LogP) is 2.34. The number of aromatic nitrogens is 1. The number of nitrogens with zero attached hydrogens (tertiary/aromatic N) is 2. The molecule has 0 aromatic carbocycles. The lowest BCUT2D eigenvalue weighted by molar-refractivity contribution is 0.625. The van der Waals surface area contributed by atoms with Crippen LogP contribution in [0.5, 0.6) is 0 Å². The Labute approximate surface area is 104 Å². The molecule has 0 spiro atoms. The van der Waals surface area contributed by atoms with Gasteiger partial charge in [0.1, 0.15) is 5.82 Å². The molecule has 1 aliphatic heterocycles. The van der Waals surface area contributed by atoms with Crippen molar-refractivity contribution in [3.8, 4) is 0 Å². The Kier molecular flexibility index (Phi) is 3.67. The summed E-state index contributed by atoms with van der Waals surface area (Å²) in [6.07, 6.45) is 3.27. The lowest BCUT2D eigenvalue weighted by atomic mass is 10.1. The quantitative estimate of drug-likeness (QED) is 0.868. The second-order valence-corrected chi connectivity index (χ2v) is 5.36. The maximum absolute atomic E-state index is 4.65. The zero-order valence-electron chi connectivity index (χ0n) is 11.3. The van der Waals surface area contributed by atoms with Crippen LogP contribution in [0, 0.1) is 12.8 Å². The van der Waals surface area contributed by atoms with E-state index in [1.165, 1.54) is 23.4 Å². The summed E-state index contributed by atoms with van der Waals surface area (Å²) in [5.41, 5.74) is 2.55. The molecule has 3 nitrogen and oxygen atoms in total. The minimum atomic E-state index is 0.617. The summed E-state index contributed by atoms with van der Waals surface area (Å²) in [4.78, 5) is 7.10. The zero-order valence-corrected chi connectivity index (χ0v) is 11.3. The molecule has 0 saturated carbocycles. The zero-order chi connectivity index (χ0) is 12.4. The Morgan fingerprint density at radius 2 is 2.24 bits per heavy atom. The van der Waals surface area contributed by atoms with Crippen molar-refractivity contribution >= 4 is 5.82 Å². The van der Waals surface area contributed by atoms with Crippen molar-refractivity contribution in [1.82, 2.24) is 10.3 Å². The lowest BCUT2D eigenvalue weighted by Gasteiger charge is -2.24. The van der Waals surface area contributed by atoms with E-state index in [4.69, 9.17) is 0 Å². The molecule has 2 heterocycles. The standard InChI is InChI=1S/C14H23N3/c1-10-5-12(3)17(9-10)14-11(2)6-13(7-15-4)8-16-14/h6,8,10,12,15H,5,7,9H2,1-4H3. The van der Waals surface area contributed by atoms with Crippen LogP contribution >= 0.6 is 0 Å². The summed E-state index contributed by atoms with van der Waals surface area (Å²) in [7, 11) is 1.97. The topological polar surface area (TPSA) is 28.2 Å². The highest BCUT2D eigenvalue weighted by Crippen LogP contribution is 2.29. The molecule has 0 bridgehead atoms. The number of aryl methyl sites for hydroxylation is 1. The molecule has 0 aliphatic carbocycles. The van der Waals surface area contributed by atoms with E-state index in [1.807, 2.05) is 13.2 Å². The summed E-state index contributed by atoms with van der Waals surface area (Å²) in [5, 5.41) is 3.16. The van der Waals surface area contributed by atoms with Gasteiger partial charge >= 0.3 is 0 Å². The third-order valence-corrected chi connectivity index (χ3v) is 3.54. The fourth-order valence-electron chi connectivity index (χ4n) is 2.82. The average Bonchev–Trinajstić information content (AvgIpc) is 2.58. The molecule has 1 fully saturated rings. The molecule has 3 heteroatoms. The van der Waals surface area contributed by atoms with E-state index in [1.54, 1.807) is 0 Å². The molecule has 1 aliphatic rings. The highest BCUT2D eigenvalue weighted by molar-refractivity contribution is 5.49. The molecule has 94 valence electrons. The van der Waals surface area contributed by atoms with Crippen molar-refractivity contribution in [1.29, 1.82) is 0 Å². The number of nitrogens with one attached hydrogen (secondary N) is 1. The largest absolute Gasteiger partial charge is 0.353 e. The molecule has 2 rings (SSSR count). The van der Waals surface area contributed by atoms with Gasteiger partial charge in [-0.15, -0.1) is 0 Å². The Hall–Kier alpha value is -1.09. The molecular weight excluding hydrogens is 210 g/mol. The van der Waals surface area contributed by atoms with Crippen molar-refractivity contribution in [2.75, 3.05) is 18.5 Å². The molecule has 17 heavy (non-hydrogen) atoms. The Balaban J connectivity index is 2.21. The van der Waals surface area contributed by atoms with Gasteiger partial charge in [0, 0.05) is 25.3 Å². The Morgan fingerprint density at radius 3 is 2.76 bits per heavy atom. The van der Waals surface area contributed by atoms with Gasteiger partial charge in [0.25, 0.3) is 0 Å². The fraction of sp³-hybridized carbons (Fsp3) is 0.643. The fourth-order valence-corrected chi connectivity index (χ4v) is 2.82. The molecule has 1 saturated heterocycles. The van der Waals surface area contributed by atoms with Crippen LogP contribution in [0.1, 0.15) is 31.4 Å². The highest BCUT2D eigenvalue weighted by Gasteiger charge is 2.27. The second-order valence-electron chi connectivity index (χ2n) is 5.36. The van der Waals surface area contributed by atoms with E-state index in [9.17, 15) is 0 Å². The van der Waals surface area contributed by atoms with Crippen LogP contribution in [0.2, 0.25) is 0 Å². The summed E-state index contributed by atoms with van der Waals surface area (Å²) < 4.78 is 0. The van der Waals surface area contributed by atoms with Crippen LogP contribution in [0.25, 0.3) is 0 Å². The maximum Gasteiger partial charge on any atom is 0.131 e. The van der Waals surface area contributed by atoms with Gasteiger partial charge < -0.3 is 10.2 Å². The summed E-state index contributed by atoms with van der Waals surface area (Å²) in [6, 6.07) is 2.86. The molecule has 2 unspecified atom stereocenters. The normalized spacial score (nSPS) is 24.4. The van der Waals surface area contributed by atoms with Gasteiger partial charge in [-0.1, -0.05) is 6.92 Å². The first-order valence-corrected chi connectivity index (χ1v) is 6.48. The number of anilines is 1. The number of hydrogen-bond acceptors (Lipinski definition) is 3. The van der Waals surface area contributed by atoms with E-state index in [0.717, 1.165) is 19.0 Å². The average molecular weight is 233 g/mol. The van der Waals surface area contributed by atoms with Crippen LogP contribution in [0.3, 0.4) is 0 Å². The number of hydrogen-bond donors (Lipinski definition) is 1. The smallest absolute Gasteiger partial charge is 0.131 e. The van der Waals surface area contributed by atoms with Crippen LogP contribution in [-0.2, 0) is 6.54 Å². The van der Waals surface area contributed by atoms with Gasteiger partial charge in [0.05, 0.1) is 0 Å². The summed E-state index contributed by atoms with van der Waals surface area (Å²) in [5.74, 6) is 1.95. The first kappa shape index (κ1) is 12.4. The molecule has 2 atom stereocenters. The van der Waals surface area contributed by atoms with E-state index in [0.29, 0.717) is 6.04 Å². The third kappa shape index (κ3) is 2.60. The third-order valence-electron chi connectivity index (χ3n) is 3.54. The van der Waals surface area contributed by atoms with E-state index < -0.39 is 0 Å². The monoisotopic (exact) mass is 233 g/mol. The molecule has 0 radical (unpaired) electrons. The minimum absolute atomic E-state index is 0.617. The van der Waals surface area contributed by atoms with E-state index in [2.05, 4.69) is 42.0 Å². The van der Waals surface area contributed by atoms with E-state index in [-0.39, 0.29) is 0 Å². The van der Waals surface area contributed by atoms with Gasteiger partial charge in [-0.25, -0.2) is 4.98 Å². The van der Waals surface area contributed by atoms with Gasteiger partial charge in [-0.05, 0) is 50.4 Å². The molecule has 1 aromatic heterocycles. The lowest BCUT2D eigenvalue weighted by Crippen LogP contribution is -2.28. The molecule has 0 amide bonds. The van der Waals surface area contributed by atoms with Crippen LogP contribution in [0.4, 0.5) is 5.82 Å². The molecule has 1 N–H and O–H groups in total. The summed E-state index contributed by atoms with van der Waals surface area (Å²) >= 11 is 0. The van der Waals surface area contributed by atoms with Crippen LogP contribution < -0.4 is 10.2 Å². The maximum atomic E-state index is 4.65. The van der Waals surface area contributed by atoms with Crippen molar-refractivity contribution in [2.45, 2.75) is 39.8 Å². The Bertz CT molecular complexity index is 389. The SMILES string of the molecule is CNCc1cnc(N2CC(C)CC2C)c(C)c1. The van der Waals surface area contributed by atoms with Gasteiger partial charge in [-0.2, -0.15) is 0 Å². The van der Waals surface area contributed by atoms with Gasteiger partial charge in [0.15, 0.2) is 0 Å². The van der Waals surface area contributed by atoms with Crippen molar-refractivity contribution in [3.63, 3.8) is 0 Å². The van der Waals surface area contributed by atoms with Gasteiger partial charge in [0.2, 0.25) is 0 Å². The van der Waals surface area contributed by atoms with Crippen LogP contribution in [-0.4, -0.2) is 24.6 Å². The second kappa shape index (κ2) is 5.05. The van der Waals surface area contributed by atoms with Crippen molar-refractivity contribution in [3.05, 3.63) is 23.4 Å². The van der Waals surface area contributed by atoms with Crippen molar-refractivity contribution in [2.24, 2.45) is 5.92 Å². The van der Waals surface area contributed by atoms with Crippen LogP contribution in [0.15, 0.2) is 12.3 Å². The first-order chi connectivity index (χ1) is 8.11. The minimum Gasteiger partial charge on any atom is -0.353 e. The summed E-state index contributed by atoms with van der Waals surface area (Å²) in [6.45, 7) is 8.81. The number of pyridine rings is 1. The predicted molar refractivity (Wildman–Crippen MR) is 72.3 cm³/mol. The Morgan fingerprint density at radius 1 is 1.47 bits per heavy atom. The van der Waals surface area contributed by atoms with E-state index >= 15 is 0 Å². The first-order valence-electron chi connectivity index (χ1n) is 6.48. The highest BCUT2D eigenvalue weighted by atomic mass is 15.2. The molecule has 1 aromatic rings.